The molecule has 0 saturated carbocycles. The molecule has 1 fully saturated rings. The predicted octanol–water partition coefficient (Wildman–Crippen LogP) is 1.25. The average molecular weight is 294 g/mol. The minimum absolute atomic E-state index is 0.0127. The largest absolute Gasteiger partial charge is 0.508 e. The van der Waals surface area contributed by atoms with Gasteiger partial charge in [0.25, 0.3) is 0 Å². The molecule has 6 heteroatoms. The Bertz CT molecular complexity index is 498. The number of phenolic OH excluding ortho intramolecular Hbond substituents is 2. The lowest BCUT2D eigenvalue weighted by Crippen LogP contribution is -2.47. The molecule has 2 rings (SSSR count). The van der Waals surface area contributed by atoms with Gasteiger partial charge in [-0.25, -0.2) is 0 Å². The number of nitrogens with zero attached hydrogens (tertiary/aromatic N) is 2. The second-order valence-electron chi connectivity index (χ2n) is 5.44. The Morgan fingerprint density at radius 2 is 1.90 bits per heavy atom. The number of hydrogen-bond donors (Lipinski definition) is 3. The van der Waals surface area contributed by atoms with Crippen LogP contribution in [-0.4, -0.2) is 63.8 Å². The van der Waals surface area contributed by atoms with Crippen molar-refractivity contribution in [2.75, 3.05) is 32.7 Å². The first-order chi connectivity index (χ1) is 9.97. The average Bonchev–Trinajstić information content (AvgIpc) is 2.47. The fourth-order valence-electron chi connectivity index (χ4n) is 2.70. The molecule has 1 saturated heterocycles. The maximum absolute atomic E-state index is 10.6. The van der Waals surface area contributed by atoms with Crippen molar-refractivity contribution in [3.8, 4) is 11.5 Å². The molecule has 0 bridgehead atoms. The van der Waals surface area contributed by atoms with Crippen LogP contribution in [0.2, 0.25) is 0 Å². The van der Waals surface area contributed by atoms with Gasteiger partial charge in [-0.3, -0.25) is 9.69 Å². The van der Waals surface area contributed by atoms with Gasteiger partial charge in [0, 0.05) is 44.3 Å². The second-order valence-corrected chi connectivity index (χ2v) is 5.44. The van der Waals surface area contributed by atoms with Crippen molar-refractivity contribution >= 4 is 5.97 Å². The lowest BCUT2D eigenvalue weighted by Gasteiger charge is -2.38. The van der Waals surface area contributed by atoms with Crippen LogP contribution in [0.25, 0.3) is 0 Å². The maximum Gasteiger partial charge on any atom is 0.304 e. The van der Waals surface area contributed by atoms with Gasteiger partial charge < -0.3 is 20.2 Å². The fraction of sp³-hybridized carbons (Fsp3) is 0.533. The van der Waals surface area contributed by atoms with Gasteiger partial charge in [-0.2, -0.15) is 0 Å². The van der Waals surface area contributed by atoms with Crippen LogP contribution >= 0.6 is 0 Å². The zero-order valence-corrected chi connectivity index (χ0v) is 12.2. The number of carboxylic acid groups (broad SMARTS) is 1. The summed E-state index contributed by atoms with van der Waals surface area (Å²) in [6, 6.07) is 4.58. The van der Waals surface area contributed by atoms with E-state index in [2.05, 4.69) is 9.80 Å². The summed E-state index contributed by atoms with van der Waals surface area (Å²) >= 11 is 0. The minimum Gasteiger partial charge on any atom is -0.508 e. The Morgan fingerprint density at radius 1 is 1.24 bits per heavy atom. The normalized spacial score (nSPS) is 18.5. The summed E-state index contributed by atoms with van der Waals surface area (Å²) in [5.74, 6) is -0.432. The van der Waals surface area contributed by atoms with E-state index in [-0.39, 0.29) is 24.0 Å². The highest BCUT2D eigenvalue weighted by Crippen LogP contribution is 2.31. The lowest BCUT2D eigenvalue weighted by atomic mass is 10.0. The van der Waals surface area contributed by atoms with Crippen molar-refractivity contribution in [2.45, 2.75) is 19.4 Å². The van der Waals surface area contributed by atoms with Crippen LogP contribution in [0.4, 0.5) is 0 Å². The molecule has 1 aromatic carbocycles. The molecule has 116 valence electrons. The van der Waals surface area contributed by atoms with Crippen molar-refractivity contribution in [3.63, 3.8) is 0 Å². The summed E-state index contributed by atoms with van der Waals surface area (Å²) in [5, 5.41) is 28.2. The summed E-state index contributed by atoms with van der Waals surface area (Å²) in [5.41, 5.74) is 0.717. The molecule has 1 aliphatic rings. The number of hydrogen-bond acceptors (Lipinski definition) is 5. The third-order valence-electron chi connectivity index (χ3n) is 4.06. The minimum atomic E-state index is -0.768. The van der Waals surface area contributed by atoms with E-state index >= 15 is 0 Å². The van der Waals surface area contributed by atoms with Gasteiger partial charge in [-0.15, -0.1) is 0 Å². The number of aliphatic carboxylic acids is 1. The van der Waals surface area contributed by atoms with Gasteiger partial charge in [0.2, 0.25) is 0 Å². The number of aromatic hydroxyl groups is 2. The second kappa shape index (κ2) is 6.78. The molecular formula is C15H22N2O4. The smallest absolute Gasteiger partial charge is 0.304 e. The molecule has 0 spiro atoms. The van der Waals surface area contributed by atoms with Crippen molar-refractivity contribution in [1.29, 1.82) is 0 Å². The fourth-order valence-corrected chi connectivity index (χ4v) is 2.70. The quantitative estimate of drug-likeness (QED) is 0.709. The zero-order valence-electron chi connectivity index (χ0n) is 12.2. The van der Waals surface area contributed by atoms with Crippen LogP contribution in [0.5, 0.6) is 11.5 Å². The van der Waals surface area contributed by atoms with Gasteiger partial charge in [0.1, 0.15) is 11.5 Å². The van der Waals surface area contributed by atoms with E-state index in [1.807, 2.05) is 6.92 Å². The standard InChI is InChI=1S/C15H22N2O4/c1-11(13-10-12(18)2-3-14(13)19)17-8-6-16(7-9-17)5-4-15(20)21/h2-3,10-11,18-19H,4-9H2,1H3,(H,20,21). The monoisotopic (exact) mass is 294 g/mol. The Morgan fingerprint density at radius 3 is 2.52 bits per heavy atom. The molecule has 0 amide bonds. The first-order valence-corrected chi connectivity index (χ1v) is 7.17. The van der Waals surface area contributed by atoms with E-state index in [4.69, 9.17) is 5.11 Å². The molecule has 21 heavy (non-hydrogen) atoms. The summed E-state index contributed by atoms with van der Waals surface area (Å²) in [6.07, 6.45) is 0.170. The van der Waals surface area contributed by atoms with Gasteiger partial charge in [-0.1, -0.05) is 0 Å². The molecular weight excluding hydrogens is 272 g/mol. The van der Waals surface area contributed by atoms with Gasteiger partial charge in [0.05, 0.1) is 6.42 Å². The predicted molar refractivity (Wildman–Crippen MR) is 78.5 cm³/mol. The maximum atomic E-state index is 10.6. The van der Waals surface area contributed by atoms with Crippen LogP contribution < -0.4 is 0 Å². The number of piperazine rings is 1. The highest BCUT2D eigenvalue weighted by atomic mass is 16.4. The summed E-state index contributed by atoms with van der Waals surface area (Å²) in [6.45, 7) is 5.84. The molecule has 1 atom stereocenters. The SMILES string of the molecule is CC(c1cc(O)ccc1O)N1CCN(CCC(=O)O)CC1. The topological polar surface area (TPSA) is 84.2 Å². The van der Waals surface area contributed by atoms with E-state index in [0.717, 1.165) is 26.2 Å². The first kappa shape index (κ1) is 15.6. The van der Waals surface area contributed by atoms with Crippen LogP contribution in [0.1, 0.15) is 24.9 Å². The van der Waals surface area contributed by atoms with Crippen LogP contribution in [0, 0.1) is 0 Å². The summed E-state index contributed by atoms with van der Waals surface area (Å²) in [7, 11) is 0. The molecule has 0 aromatic heterocycles. The number of phenols is 2. The van der Waals surface area contributed by atoms with Gasteiger partial charge in [-0.05, 0) is 25.1 Å². The molecule has 6 nitrogen and oxygen atoms in total. The summed E-state index contributed by atoms with van der Waals surface area (Å²) in [4.78, 5) is 14.9. The van der Waals surface area contributed by atoms with Gasteiger partial charge >= 0.3 is 5.97 Å². The molecule has 0 radical (unpaired) electrons. The summed E-state index contributed by atoms with van der Waals surface area (Å²) < 4.78 is 0. The molecule has 0 aliphatic carbocycles. The number of benzene rings is 1. The Hall–Kier alpha value is -1.79. The molecule has 1 aliphatic heterocycles. The third kappa shape index (κ3) is 4.09. The van der Waals surface area contributed by atoms with E-state index in [1.54, 1.807) is 6.07 Å². The molecule has 1 heterocycles. The van der Waals surface area contributed by atoms with Crippen LogP contribution in [0.3, 0.4) is 0 Å². The van der Waals surface area contributed by atoms with E-state index in [1.165, 1.54) is 12.1 Å². The lowest BCUT2D eigenvalue weighted by molar-refractivity contribution is -0.137. The van der Waals surface area contributed by atoms with Gasteiger partial charge in [0.15, 0.2) is 0 Å². The van der Waals surface area contributed by atoms with E-state index in [9.17, 15) is 15.0 Å². The van der Waals surface area contributed by atoms with E-state index in [0.29, 0.717) is 12.1 Å². The highest BCUT2D eigenvalue weighted by molar-refractivity contribution is 5.66. The highest BCUT2D eigenvalue weighted by Gasteiger charge is 2.24. The zero-order chi connectivity index (χ0) is 15.4. The Balaban J connectivity index is 1.92. The van der Waals surface area contributed by atoms with E-state index < -0.39 is 5.97 Å². The van der Waals surface area contributed by atoms with Crippen molar-refractivity contribution < 1.29 is 20.1 Å². The van der Waals surface area contributed by atoms with Crippen LogP contribution in [-0.2, 0) is 4.79 Å². The molecule has 1 unspecified atom stereocenters. The van der Waals surface area contributed by atoms with Crippen molar-refractivity contribution in [2.24, 2.45) is 0 Å². The number of carbonyl (C=O) groups is 1. The van der Waals surface area contributed by atoms with Crippen molar-refractivity contribution in [1.82, 2.24) is 9.80 Å². The number of carboxylic acids is 1. The Labute approximate surface area is 124 Å². The third-order valence-corrected chi connectivity index (χ3v) is 4.06. The van der Waals surface area contributed by atoms with Crippen molar-refractivity contribution in [3.05, 3.63) is 23.8 Å². The molecule has 3 N–H and O–H groups in total. The molecule has 1 aromatic rings. The Kier molecular flexibility index (Phi) is 5.03. The number of rotatable bonds is 5. The first-order valence-electron chi connectivity index (χ1n) is 7.17. The van der Waals surface area contributed by atoms with Crippen LogP contribution in [0.15, 0.2) is 18.2 Å².